The van der Waals surface area contributed by atoms with Gasteiger partial charge in [0.25, 0.3) is 0 Å². The highest BCUT2D eigenvalue weighted by Gasteiger charge is 2.43. The van der Waals surface area contributed by atoms with Gasteiger partial charge < -0.3 is 15.1 Å². The SMILES string of the molecule is CC1=C(C(=O)O)[C@@H](c2ccc(C#N)cc2)N(Cc2ccc(C=CC(=O)O)cc2)C(=O)N1c1cccc(C(F)(F)F)c1. The predicted molar refractivity (Wildman–Crippen MR) is 142 cm³/mol. The van der Waals surface area contributed by atoms with Crippen LogP contribution in [-0.2, 0) is 22.3 Å². The van der Waals surface area contributed by atoms with Crippen molar-refractivity contribution in [3.63, 3.8) is 0 Å². The molecule has 0 saturated carbocycles. The first-order valence-electron chi connectivity index (χ1n) is 12.1. The van der Waals surface area contributed by atoms with Crippen molar-refractivity contribution in [2.45, 2.75) is 25.7 Å². The number of halogens is 3. The quantitative estimate of drug-likeness (QED) is 0.331. The summed E-state index contributed by atoms with van der Waals surface area (Å²) in [4.78, 5) is 39.7. The molecule has 11 heteroatoms. The Hall–Kier alpha value is -5.37. The van der Waals surface area contributed by atoms with Gasteiger partial charge >= 0.3 is 24.1 Å². The lowest BCUT2D eigenvalue weighted by Gasteiger charge is -2.42. The highest BCUT2D eigenvalue weighted by Crippen LogP contribution is 2.41. The van der Waals surface area contributed by atoms with Crippen LogP contribution in [0.1, 0.15) is 40.8 Å². The van der Waals surface area contributed by atoms with E-state index >= 15 is 0 Å². The Morgan fingerprint density at radius 2 is 1.68 bits per heavy atom. The number of nitriles is 1. The molecule has 0 unspecified atom stereocenters. The number of carbonyl (C=O) groups excluding carboxylic acids is 1. The summed E-state index contributed by atoms with van der Waals surface area (Å²) in [6.45, 7) is 1.23. The van der Waals surface area contributed by atoms with Crippen molar-refractivity contribution in [3.05, 3.63) is 118 Å². The maximum atomic E-state index is 14.0. The van der Waals surface area contributed by atoms with E-state index in [1.165, 1.54) is 48.2 Å². The molecule has 1 atom stereocenters. The molecule has 0 spiro atoms. The molecule has 0 saturated heterocycles. The van der Waals surface area contributed by atoms with Gasteiger partial charge in [0, 0.05) is 18.3 Å². The van der Waals surface area contributed by atoms with Crippen molar-refractivity contribution in [3.8, 4) is 6.07 Å². The van der Waals surface area contributed by atoms with Crippen LogP contribution >= 0.6 is 0 Å². The number of hydrogen-bond acceptors (Lipinski definition) is 4. The van der Waals surface area contributed by atoms with Gasteiger partial charge in [-0.2, -0.15) is 18.4 Å². The van der Waals surface area contributed by atoms with Crippen LogP contribution in [0, 0.1) is 11.3 Å². The fourth-order valence-corrected chi connectivity index (χ4v) is 4.60. The van der Waals surface area contributed by atoms with Crippen LogP contribution in [-0.4, -0.2) is 33.1 Å². The molecule has 208 valence electrons. The number of urea groups is 1. The van der Waals surface area contributed by atoms with Crippen molar-refractivity contribution in [2.75, 3.05) is 4.90 Å². The summed E-state index contributed by atoms with van der Waals surface area (Å²) in [6, 6.07) is 16.7. The molecule has 0 radical (unpaired) electrons. The number of aliphatic carboxylic acids is 2. The fraction of sp³-hybridized carbons (Fsp3) is 0.133. The monoisotopic (exact) mass is 561 g/mol. The maximum absolute atomic E-state index is 14.0. The number of carboxylic acids is 2. The van der Waals surface area contributed by atoms with Crippen LogP contribution in [0.3, 0.4) is 0 Å². The third-order valence-electron chi connectivity index (χ3n) is 6.52. The molecule has 0 aliphatic carbocycles. The van der Waals surface area contributed by atoms with Gasteiger partial charge in [-0.1, -0.05) is 42.5 Å². The van der Waals surface area contributed by atoms with Crippen molar-refractivity contribution >= 4 is 29.7 Å². The van der Waals surface area contributed by atoms with E-state index in [0.29, 0.717) is 22.3 Å². The first kappa shape index (κ1) is 28.6. The number of amides is 2. The molecular formula is C30H22F3N3O5. The van der Waals surface area contributed by atoms with Gasteiger partial charge in [-0.25, -0.2) is 14.4 Å². The van der Waals surface area contributed by atoms with Crippen molar-refractivity contribution < 1.29 is 37.8 Å². The Morgan fingerprint density at radius 1 is 1.02 bits per heavy atom. The Kier molecular flexibility index (Phi) is 7.96. The Bertz CT molecular complexity index is 1600. The van der Waals surface area contributed by atoms with Crippen molar-refractivity contribution in [2.24, 2.45) is 0 Å². The van der Waals surface area contributed by atoms with E-state index in [-0.39, 0.29) is 23.5 Å². The first-order chi connectivity index (χ1) is 19.4. The van der Waals surface area contributed by atoms with Crippen LogP contribution in [0.4, 0.5) is 23.7 Å². The van der Waals surface area contributed by atoms with Gasteiger partial charge in [-0.15, -0.1) is 0 Å². The van der Waals surface area contributed by atoms with Gasteiger partial charge in [-0.05, 0) is 60.0 Å². The molecule has 0 bridgehead atoms. The Labute approximate surface area is 232 Å². The molecule has 8 nitrogen and oxygen atoms in total. The average molecular weight is 562 g/mol. The summed E-state index contributed by atoms with van der Waals surface area (Å²) in [5.74, 6) is -2.50. The van der Waals surface area contributed by atoms with Gasteiger partial charge in [0.2, 0.25) is 0 Å². The number of nitrogens with zero attached hydrogens (tertiary/aromatic N) is 3. The van der Waals surface area contributed by atoms with Gasteiger partial charge in [0.05, 0.1) is 34.5 Å². The number of carboxylic acid groups (broad SMARTS) is 2. The molecule has 41 heavy (non-hydrogen) atoms. The number of rotatable bonds is 7. The van der Waals surface area contributed by atoms with E-state index in [0.717, 1.165) is 29.2 Å². The number of carbonyl (C=O) groups is 3. The molecule has 2 amide bonds. The first-order valence-corrected chi connectivity index (χ1v) is 12.1. The van der Waals surface area contributed by atoms with E-state index in [9.17, 15) is 37.9 Å². The topological polar surface area (TPSA) is 122 Å². The summed E-state index contributed by atoms with van der Waals surface area (Å²) in [5.41, 5.74) is 0.385. The zero-order valence-corrected chi connectivity index (χ0v) is 21.5. The van der Waals surface area contributed by atoms with E-state index in [1.807, 2.05) is 6.07 Å². The second-order valence-electron chi connectivity index (χ2n) is 9.15. The molecule has 4 rings (SSSR count). The molecule has 2 N–H and O–H groups in total. The number of anilines is 1. The van der Waals surface area contributed by atoms with E-state index in [1.54, 1.807) is 24.3 Å². The largest absolute Gasteiger partial charge is 0.478 e. The summed E-state index contributed by atoms with van der Waals surface area (Å²) >= 11 is 0. The van der Waals surface area contributed by atoms with E-state index < -0.39 is 35.8 Å². The molecule has 3 aromatic rings. The van der Waals surface area contributed by atoms with Crippen LogP contribution in [0.2, 0.25) is 0 Å². The van der Waals surface area contributed by atoms with E-state index in [2.05, 4.69) is 0 Å². The summed E-state index contributed by atoms with van der Waals surface area (Å²) < 4.78 is 40.5. The van der Waals surface area contributed by atoms with Crippen LogP contribution < -0.4 is 4.90 Å². The summed E-state index contributed by atoms with van der Waals surface area (Å²) in [6.07, 6.45) is -2.35. The Balaban J connectivity index is 1.86. The van der Waals surface area contributed by atoms with Crippen LogP contribution in [0.15, 0.2) is 90.1 Å². The normalized spacial score (nSPS) is 15.8. The standard InChI is InChI=1S/C30H22F3N3O5/c1-18-26(28(39)40)27(22-12-9-20(16-34)10-13-22)35(17-21-7-5-19(6-8-21)11-14-25(37)38)29(41)36(18)24-4-2-3-23(15-24)30(31,32)33/h2-15,27H,17H2,1H3,(H,37,38)(H,39,40)/t27-/m1/s1. The zero-order chi connectivity index (χ0) is 29.9. The lowest BCUT2D eigenvalue weighted by atomic mass is 9.91. The number of alkyl halides is 3. The fourth-order valence-electron chi connectivity index (χ4n) is 4.60. The minimum Gasteiger partial charge on any atom is -0.478 e. The van der Waals surface area contributed by atoms with Crippen LogP contribution in [0.25, 0.3) is 6.08 Å². The van der Waals surface area contributed by atoms with E-state index in [4.69, 9.17) is 5.11 Å². The predicted octanol–water partition coefficient (Wildman–Crippen LogP) is 6.22. The molecule has 3 aromatic carbocycles. The van der Waals surface area contributed by atoms with Crippen LogP contribution in [0.5, 0.6) is 0 Å². The molecule has 0 aromatic heterocycles. The molecule has 1 heterocycles. The number of allylic oxidation sites excluding steroid dienone is 1. The molecule has 1 aliphatic heterocycles. The number of hydrogen-bond donors (Lipinski definition) is 2. The van der Waals surface area contributed by atoms with Crippen molar-refractivity contribution in [1.29, 1.82) is 5.26 Å². The minimum absolute atomic E-state index is 0.0541. The smallest absolute Gasteiger partial charge is 0.416 e. The molecular weight excluding hydrogens is 539 g/mol. The third-order valence-corrected chi connectivity index (χ3v) is 6.52. The highest BCUT2D eigenvalue weighted by atomic mass is 19.4. The average Bonchev–Trinajstić information content (AvgIpc) is 2.93. The highest BCUT2D eigenvalue weighted by molar-refractivity contribution is 6.02. The lowest BCUT2D eigenvalue weighted by molar-refractivity contribution is -0.137. The maximum Gasteiger partial charge on any atom is 0.416 e. The molecule has 1 aliphatic rings. The second kappa shape index (κ2) is 11.4. The zero-order valence-electron chi connectivity index (χ0n) is 21.5. The second-order valence-corrected chi connectivity index (χ2v) is 9.15. The van der Waals surface area contributed by atoms with Crippen molar-refractivity contribution in [1.82, 2.24) is 4.90 Å². The third kappa shape index (κ3) is 6.12. The summed E-state index contributed by atoms with van der Waals surface area (Å²) in [7, 11) is 0. The number of benzene rings is 3. The lowest BCUT2D eigenvalue weighted by Crippen LogP contribution is -2.50. The summed E-state index contributed by atoms with van der Waals surface area (Å²) in [5, 5.41) is 28.3. The van der Waals surface area contributed by atoms with Gasteiger partial charge in [0.1, 0.15) is 0 Å². The molecule has 0 fully saturated rings. The minimum atomic E-state index is -4.69. The Morgan fingerprint density at radius 3 is 2.24 bits per heavy atom. The van der Waals surface area contributed by atoms with Gasteiger partial charge in [0.15, 0.2) is 0 Å². The van der Waals surface area contributed by atoms with Gasteiger partial charge in [-0.3, -0.25) is 4.90 Å².